The average Bonchev–Trinajstić information content (AvgIpc) is 3.10. The molecule has 5 atom stereocenters. The molecule has 11 heteroatoms. The molecule has 1 saturated carbocycles. The molecule has 3 fully saturated rings. The summed E-state index contributed by atoms with van der Waals surface area (Å²) in [5.41, 5.74) is 4.06. The maximum atomic E-state index is 13.9. The third-order valence-electron chi connectivity index (χ3n) is 8.02. The van der Waals surface area contributed by atoms with E-state index in [4.69, 9.17) is 10.5 Å². The predicted octanol–water partition coefficient (Wildman–Crippen LogP) is 1.39. The van der Waals surface area contributed by atoms with Crippen molar-refractivity contribution in [2.75, 3.05) is 19.6 Å². The summed E-state index contributed by atoms with van der Waals surface area (Å²) < 4.78 is 5.39. The average molecular weight is 536 g/mol. The first-order valence-electron chi connectivity index (χ1n) is 13.5. The summed E-state index contributed by atoms with van der Waals surface area (Å²) in [7, 11) is 0. The number of nitrogens with one attached hydrogen (secondary N) is 2. The molecular weight excluding hydrogens is 490 g/mol. The highest BCUT2D eigenvalue weighted by molar-refractivity contribution is 5.95. The molecule has 0 spiro atoms. The molecule has 2 heterocycles. The van der Waals surface area contributed by atoms with Gasteiger partial charge < -0.3 is 30.9 Å². The zero-order valence-corrected chi connectivity index (χ0v) is 24.1. The molecule has 4 N–H and O–H groups in total. The molecule has 2 aliphatic heterocycles. The van der Waals surface area contributed by atoms with Gasteiger partial charge in [0.05, 0.1) is 0 Å². The number of nitrogens with zero attached hydrogens (tertiary/aromatic N) is 2. The van der Waals surface area contributed by atoms with Gasteiger partial charge in [0.25, 0.3) is 0 Å². The van der Waals surface area contributed by atoms with Crippen molar-refractivity contribution in [1.29, 1.82) is 0 Å². The lowest BCUT2D eigenvalue weighted by Crippen LogP contribution is -2.61. The Balaban J connectivity index is 1.81. The topological polar surface area (TPSA) is 151 Å². The molecule has 2 saturated heterocycles. The number of rotatable bonds is 7. The summed E-state index contributed by atoms with van der Waals surface area (Å²) in [6, 6.07) is -2.83. The lowest BCUT2D eigenvalue weighted by atomic mass is 9.85. The van der Waals surface area contributed by atoms with Gasteiger partial charge in [0.2, 0.25) is 23.6 Å². The van der Waals surface area contributed by atoms with E-state index in [1.54, 1.807) is 25.7 Å². The quantitative estimate of drug-likeness (QED) is 0.448. The molecule has 38 heavy (non-hydrogen) atoms. The Morgan fingerprint density at radius 2 is 1.71 bits per heavy atom. The zero-order valence-electron chi connectivity index (χ0n) is 24.1. The molecule has 0 bridgehead atoms. The summed E-state index contributed by atoms with van der Waals surface area (Å²) in [6.07, 6.45) is 1.32. The van der Waals surface area contributed by atoms with E-state index >= 15 is 0 Å². The Morgan fingerprint density at radius 1 is 1.08 bits per heavy atom. The second kappa shape index (κ2) is 10.4. The molecule has 0 radical (unpaired) electrons. The second-order valence-corrected chi connectivity index (χ2v) is 13.6. The number of primary amides is 1. The van der Waals surface area contributed by atoms with Crippen molar-refractivity contribution in [2.24, 2.45) is 28.4 Å². The highest BCUT2D eigenvalue weighted by atomic mass is 16.6. The molecule has 3 rings (SSSR count). The number of nitrogens with two attached hydrogens (primary N) is 1. The minimum Gasteiger partial charge on any atom is -0.444 e. The Labute approximate surface area is 225 Å². The standard InChI is InChI=1S/C27H45N5O6/c1-25(2,3)20(30-24(37)38-26(4,5)6)23(36)32-13-15-18(27(15,7)8)19(32)22(35)29-16(21(28)34)14-31-12-10-9-11-17(31)33/h15-16,18-20H,9-14H2,1-8H3,(H2,28,34)(H,29,35)(H,30,37)/t15-,16?,18-,19-,20?/m0/s1. The van der Waals surface area contributed by atoms with Gasteiger partial charge in [-0.2, -0.15) is 0 Å². The molecule has 0 aromatic carbocycles. The van der Waals surface area contributed by atoms with Crippen molar-refractivity contribution in [1.82, 2.24) is 20.4 Å². The summed E-state index contributed by atoms with van der Waals surface area (Å²) in [6.45, 7) is 15.7. The van der Waals surface area contributed by atoms with Crippen molar-refractivity contribution >= 4 is 29.7 Å². The van der Waals surface area contributed by atoms with Crippen molar-refractivity contribution in [3.05, 3.63) is 0 Å². The van der Waals surface area contributed by atoms with Crippen LogP contribution in [0.25, 0.3) is 0 Å². The van der Waals surface area contributed by atoms with Gasteiger partial charge in [0, 0.05) is 26.1 Å². The number of carbonyl (C=O) groups excluding carboxylic acids is 5. The summed E-state index contributed by atoms with van der Waals surface area (Å²) in [5, 5.41) is 5.46. The van der Waals surface area contributed by atoms with Gasteiger partial charge in [-0.25, -0.2) is 4.79 Å². The third kappa shape index (κ3) is 6.40. The van der Waals surface area contributed by atoms with E-state index in [9.17, 15) is 24.0 Å². The van der Waals surface area contributed by atoms with Crippen LogP contribution >= 0.6 is 0 Å². The van der Waals surface area contributed by atoms with Crippen LogP contribution in [0.3, 0.4) is 0 Å². The van der Waals surface area contributed by atoms with E-state index in [0.717, 1.165) is 12.8 Å². The lowest BCUT2D eigenvalue weighted by molar-refractivity contribution is -0.144. The third-order valence-corrected chi connectivity index (χ3v) is 8.02. The molecule has 2 unspecified atom stereocenters. The number of likely N-dealkylation sites (tertiary alicyclic amines) is 2. The van der Waals surface area contributed by atoms with E-state index in [1.807, 2.05) is 20.8 Å². The van der Waals surface area contributed by atoms with Gasteiger partial charge in [-0.1, -0.05) is 34.6 Å². The first kappa shape index (κ1) is 29.7. The largest absolute Gasteiger partial charge is 0.444 e. The van der Waals surface area contributed by atoms with Crippen LogP contribution in [0.5, 0.6) is 0 Å². The van der Waals surface area contributed by atoms with Crippen LogP contribution < -0.4 is 16.4 Å². The Morgan fingerprint density at radius 3 is 2.24 bits per heavy atom. The number of alkyl carbamates (subject to hydrolysis) is 1. The molecule has 0 aromatic rings. The van der Waals surface area contributed by atoms with Crippen LogP contribution in [0, 0.1) is 22.7 Å². The van der Waals surface area contributed by atoms with E-state index in [0.29, 0.717) is 19.5 Å². The van der Waals surface area contributed by atoms with Gasteiger partial charge in [-0.3, -0.25) is 19.2 Å². The zero-order chi connectivity index (χ0) is 28.8. The highest BCUT2D eigenvalue weighted by Crippen LogP contribution is 2.65. The van der Waals surface area contributed by atoms with E-state index in [-0.39, 0.29) is 35.6 Å². The highest BCUT2D eigenvalue weighted by Gasteiger charge is 2.70. The van der Waals surface area contributed by atoms with Crippen LogP contribution in [0.2, 0.25) is 0 Å². The molecule has 1 aliphatic carbocycles. The Hall–Kier alpha value is -2.85. The van der Waals surface area contributed by atoms with Crippen molar-refractivity contribution in [2.45, 2.75) is 98.4 Å². The van der Waals surface area contributed by atoms with Gasteiger partial charge in [0.15, 0.2) is 0 Å². The number of fused-ring (bicyclic) bond motifs is 1. The predicted molar refractivity (Wildman–Crippen MR) is 140 cm³/mol. The number of hydrogen-bond acceptors (Lipinski definition) is 6. The van der Waals surface area contributed by atoms with Gasteiger partial charge in [-0.05, 0) is 56.3 Å². The van der Waals surface area contributed by atoms with Crippen molar-refractivity contribution in [3.63, 3.8) is 0 Å². The van der Waals surface area contributed by atoms with Crippen molar-refractivity contribution < 1.29 is 28.7 Å². The van der Waals surface area contributed by atoms with Crippen molar-refractivity contribution in [3.8, 4) is 0 Å². The molecule has 11 nitrogen and oxygen atoms in total. The SMILES string of the molecule is CC(C)(C)OC(=O)NC(C(=O)N1C[C@H]2[C@@H]([C@H]1C(=O)NC(CN1CCCCC1=O)C(N)=O)C2(C)C)C(C)(C)C. The molecular formula is C27H45N5O6. The number of ether oxygens (including phenoxy) is 1. The van der Waals surface area contributed by atoms with Crippen LogP contribution in [0.4, 0.5) is 4.79 Å². The summed E-state index contributed by atoms with van der Waals surface area (Å²) >= 11 is 0. The second-order valence-electron chi connectivity index (χ2n) is 13.6. The maximum absolute atomic E-state index is 13.9. The maximum Gasteiger partial charge on any atom is 0.408 e. The first-order chi connectivity index (χ1) is 17.3. The van der Waals surface area contributed by atoms with E-state index in [2.05, 4.69) is 24.5 Å². The number of carbonyl (C=O) groups is 5. The monoisotopic (exact) mass is 535 g/mol. The van der Waals surface area contributed by atoms with Crippen LogP contribution in [-0.2, 0) is 23.9 Å². The Bertz CT molecular complexity index is 981. The number of amides is 5. The smallest absolute Gasteiger partial charge is 0.408 e. The minimum absolute atomic E-state index is 0.00285. The fraction of sp³-hybridized carbons (Fsp3) is 0.815. The van der Waals surface area contributed by atoms with Gasteiger partial charge in [-0.15, -0.1) is 0 Å². The van der Waals surface area contributed by atoms with Gasteiger partial charge in [0.1, 0.15) is 23.7 Å². The van der Waals surface area contributed by atoms with Crippen LogP contribution in [0.1, 0.15) is 74.7 Å². The van der Waals surface area contributed by atoms with Crippen LogP contribution in [-0.4, -0.2) is 82.9 Å². The molecule has 3 aliphatic rings. The normalized spacial score (nSPS) is 26.2. The lowest BCUT2D eigenvalue weighted by Gasteiger charge is -2.38. The fourth-order valence-electron chi connectivity index (χ4n) is 5.79. The molecule has 0 aromatic heterocycles. The van der Waals surface area contributed by atoms with E-state index in [1.165, 1.54) is 4.90 Å². The van der Waals surface area contributed by atoms with Gasteiger partial charge >= 0.3 is 6.09 Å². The number of hydrogen-bond donors (Lipinski definition) is 3. The first-order valence-corrected chi connectivity index (χ1v) is 13.5. The Kier molecular flexibility index (Phi) is 8.11. The minimum atomic E-state index is -1.07. The van der Waals surface area contributed by atoms with E-state index < -0.39 is 47.0 Å². The fourth-order valence-corrected chi connectivity index (χ4v) is 5.79. The number of piperidine rings is 2. The summed E-state index contributed by atoms with van der Waals surface area (Å²) in [4.78, 5) is 67.8. The van der Waals surface area contributed by atoms with Crippen LogP contribution in [0.15, 0.2) is 0 Å². The summed E-state index contributed by atoms with van der Waals surface area (Å²) in [5.74, 6) is -1.65. The molecule has 214 valence electrons. The molecule has 5 amide bonds.